The molecule has 31 heavy (non-hydrogen) atoms. The molecule has 0 bridgehead atoms. The van der Waals surface area contributed by atoms with E-state index in [2.05, 4.69) is 15.3 Å². The van der Waals surface area contributed by atoms with Crippen molar-refractivity contribution in [3.63, 3.8) is 0 Å². The van der Waals surface area contributed by atoms with Crippen molar-refractivity contribution < 1.29 is 18.7 Å². The Kier molecular flexibility index (Phi) is 5.11. The molecule has 0 N–H and O–H groups in total. The highest BCUT2D eigenvalue weighted by atomic mass is 19.1. The zero-order valence-electron chi connectivity index (χ0n) is 17.1. The van der Waals surface area contributed by atoms with Gasteiger partial charge >= 0.3 is 0 Å². The number of halogens is 1. The first-order valence-electron chi connectivity index (χ1n) is 10.2. The minimum absolute atomic E-state index is 0.0488. The van der Waals surface area contributed by atoms with Crippen LogP contribution >= 0.6 is 0 Å². The van der Waals surface area contributed by atoms with Crippen molar-refractivity contribution in [1.82, 2.24) is 24.9 Å². The summed E-state index contributed by atoms with van der Waals surface area (Å²) in [5, 5.41) is 8.26. The monoisotopic (exact) mass is 423 g/mol. The highest BCUT2D eigenvalue weighted by Crippen LogP contribution is 2.28. The highest BCUT2D eigenvalue weighted by molar-refractivity contribution is 5.79. The number of benzene rings is 1. The zero-order chi connectivity index (χ0) is 21.4. The van der Waals surface area contributed by atoms with Crippen LogP contribution in [0, 0.1) is 11.7 Å². The molecule has 1 atom stereocenters. The fourth-order valence-electron chi connectivity index (χ4n) is 3.97. The van der Waals surface area contributed by atoms with Gasteiger partial charge in [-0.25, -0.2) is 14.1 Å². The molecule has 0 aliphatic carbocycles. The number of aromatic nitrogens is 4. The summed E-state index contributed by atoms with van der Waals surface area (Å²) in [6, 6.07) is 9.88. The summed E-state index contributed by atoms with van der Waals surface area (Å²) in [4.78, 5) is 19.1. The van der Waals surface area contributed by atoms with Crippen LogP contribution in [0.5, 0.6) is 5.88 Å². The van der Waals surface area contributed by atoms with Crippen LogP contribution in [0.15, 0.2) is 36.4 Å². The van der Waals surface area contributed by atoms with Crippen molar-refractivity contribution in [2.24, 2.45) is 13.0 Å². The van der Waals surface area contributed by atoms with Crippen LogP contribution in [-0.2, 0) is 36.3 Å². The van der Waals surface area contributed by atoms with Crippen molar-refractivity contribution in [2.75, 3.05) is 13.2 Å². The molecule has 2 aromatic heterocycles. The molecule has 1 saturated heterocycles. The third kappa shape index (κ3) is 3.88. The number of aryl methyl sites for hydroxylation is 1. The summed E-state index contributed by atoms with van der Waals surface area (Å²) in [5.74, 6) is 0.249. The second-order valence-corrected chi connectivity index (χ2v) is 7.81. The van der Waals surface area contributed by atoms with E-state index in [1.807, 2.05) is 17.0 Å². The number of nitrogens with zero attached hydrogens (tertiary/aromatic N) is 5. The topological polar surface area (TPSA) is 82.4 Å². The lowest BCUT2D eigenvalue weighted by molar-refractivity contribution is -0.136. The van der Waals surface area contributed by atoms with Gasteiger partial charge in [0.2, 0.25) is 11.8 Å². The number of rotatable bonds is 5. The molecule has 1 amide bonds. The normalized spacial score (nSPS) is 17.7. The number of carbonyl (C=O) groups excluding carboxylic acids is 1. The number of pyridine rings is 1. The van der Waals surface area contributed by atoms with Gasteiger partial charge in [0.25, 0.3) is 0 Å². The molecule has 9 heteroatoms. The number of fused-ring (bicyclic) bond motifs is 1. The van der Waals surface area contributed by atoms with Gasteiger partial charge in [-0.2, -0.15) is 0 Å². The third-order valence-corrected chi connectivity index (χ3v) is 5.75. The predicted molar refractivity (Wildman–Crippen MR) is 108 cm³/mol. The van der Waals surface area contributed by atoms with Gasteiger partial charge in [-0.05, 0) is 42.3 Å². The molecule has 2 aliphatic rings. The average Bonchev–Trinajstić information content (AvgIpc) is 3.52. The van der Waals surface area contributed by atoms with Crippen molar-refractivity contribution in [3.8, 4) is 17.1 Å². The van der Waals surface area contributed by atoms with Crippen LogP contribution in [-0.4, -0.2) is 44.0 Å². The molecule has 0 spiro atoms. The average molecular weight is 423 g/mol. The second-order valence-electron chi connectivity index (χ2n) is 7.81. The Morgan fingerprint density at radius 1 is 1.23 bits per heavy atom. The number of hydrogen-bond acceptors (Lipinski definition) is 6. The smallest absolute Gasteiger partial charge is 0.228 e. The molecule has 160 valence electrons. The maximum atomic E-state index is 13.2. The predicted octanol–water partition coefficient (Wildman–Crippen LogP) is 2.47. The van der Waals surface area contributed by atoms with Gasteiger partial charge in [0.15, 0.2) is 0 Å². The Morgan fingerprint density at radius 2 is 2.06 bits per heavy atom. The number of hydrogen-bond donors (Lipinski definition) is 0. The van der Waals surface area contributed by atoms with E-state index in [0.717, 1.165) is 28.9 Å². The Morgan fingerprint density at radius 3 is 2.84 bits per heavy atom. The minimum Gasteiger partial charge on any atom is -0.471 e. The van der Waals surface area contributed by atoms with E-state index in [1.54, 1.807) is 23.9 Å². The molecule has 0 radical (unpaired) electrons. The van der Waals surface area contributed by atoms with Gasteiger partial charge < -0.3 is 14.4 Å². The SMILES string of the molecule is Cn1nnc(-c2ccc(F)cc2)c1COc1ccc2c(n1)CN(C(=O)C1CCOC1)C2. The molecule has 1 fully saturated rings. The van der Waals surface area contributed by atoms with Gasteiger partial charge in [-0.15, -0.1) is 5.10 Å². The first kappa shape index (κ1) is 19.6. The Bertz CT molecular complexity index is 1110. The van der Waals surface area contributed by atoms with Gasteiger partial charge in [0.05, 0.1) is 24.8 Å². The molecule has 2 aliphatic heterocycles. The van der Waals surface area contributed by atoms with Crippen LogP contribution in [0.3, 0.4) is 0 Å². The fourth-order valence-corrected chi connectivity index (χ4v) is 3.97. The summed E-state index contributed by atoms with van der Waals surface area (Å²) in [7, 11) is 1.78. The van der Waals surface area contributed by atoms with E-state index in [4.69, 9.17) is 9.47 Å². The summed E-state index contributed by atoms with van der Waals surface area (Å²) in [5.41, 5.74) is 4.05. The Labute approximate surface area is 178 Å². The lowest BCUT2D eigenvalue weighted by atomic mass is 10.1. The quantitative estimate of drug-likeness (QED) is 0.627. The standard InChI is InChI=1S/C22H22FN5O3/c1-27-19(21(25-26-27)14-2-5-17(23)6-3-14)13-31-20-7-4-15-10-28(11-18(15)24-20)22(29)16-8-9-30-12-16/h2-7,16H,8-13H2,1H3. The maximum absolute atomic E-state index is 13.2. The fraction of sp³-hybridized carbons (Fsp3) is 0.364. The van der Waals surface area contributed by atoms with E-state index in [0.29, 0.717) is 37.9 Å². The van der Waals surface area contributed by atoms with Crippen LogP contribution < -0.4 is 4.74 Å². The minimum atomic E-state index is -0.305. The Hall–Kier alpha value is -3.33. The van der Waals surface area contributed by atoms with Crippen molar-refractivity contribution >= 4 is 5.91 Å². The van der Waals surface area contributed by atoms with Crippen molar-refractivity contribution in [2.45, 2.75) is 26.1 Å². The van der Waals surface area contributed by atoms with E-state index in [9.17, 15) is 9.18 Å². The maximum Gasteiger partial charge on any atom is 0.228 e. The number of carbonyl (C=O) groups is 1. The molecule has 1 unspecified atom stereocenters. The molecule has 5 rings (SSSR count). The summed E-state index contributed by atoms with van der Waals surface area (Å²) in [6.45, 7) is 2.41. The van der Waals surface area contributed by atoms with Gasteiger partial charge in [0.1, 0.15) is 23.8 Å². The molecule has 1 aromatic carbocycles. The summed E-state index contributed by atoms with van der Waals surface area (Å²) >= 11 is 0. The zero-order valence-corrected chi connectivity index (χ0v) is 17.1. The number of ether oxygens (including phenoxy) is 2. The third-order valence-electron chi connectivity index (χ3n) is 5.75. The lowest BCUT2D eigenvalue weighted by Crippen LogP contribution is -2.32. The largest absolute Gasteiger partial charge is 0.471 e. The van der Waals surface area contributed by atoms with Gasteiger partial charge in [0, 0.05) is 31.8 Å². The molecule has 3 aromatic rings. The highest BCUT2D eigenvalue weighted by Gasteiger charge is 2.32. The lowest BCUT2D eigenvalue weighted by Gasteiger charge is -2.18. The molecule has 4 heterocycles. The van der Waals surface area contributed by atoms with E-state index in [-0.39, 0.29) is 24.2 Å². The van der Waals surface area contributed by atoms with E-state index < -0.39 is 0 Å². The van der Waals surface area contributed by atoms with Gasteiger partial charge in [-0.1, -0.05) is 5.21 Å². The van der Waals surface area contributed by atoms with Crippen LogP contribution in [0.4, 0.5) is 4.39 Å². The summed E-state index contributed by atoms with van der Waals surface area (Å²) < 4.78 is 26.2. The van der Waals surface area contributed by atoms with Crippen molar-refractivity contribution in [3.05, 3.63) is 59.2 Å². The first-order valence-corrected chi connectivity index (χ1v) is 10.2. The van der Waals surface area contributed by atoms with Gasteiger partial charge in [-0.3, -0.25) is 4.79 Å². The first-order chi connectivity index (χ1) is 15.1. The molecule has 8 nitrogen and oxygen atoms in total. The molecular weight excluding hydrogens is 401 g/mol. The van der Waals surface area contributed by atoms with Crippen LogP contribution in [0.2, 0.25) is 0 Å². The van der Waals surface area contributed by atoms with Crippen LogP contribution in [0.25, 0.3) is 11.3 Å². The molecule has 0 saturated carbocycles. The molecular formula is C22H22FN5O3. The van der Waals surface area contributed by atoms with E-state index in [1.165, 1.54) is 12.1 Å². The van der Waals surface area contributed by atoms with Crippen molar-refractivity contribution in [1.29, 1.82) is 0 Å². The second kappa shape index (κ2) is 8.07. The van der Waals surface area contributed by atoms with Crippen LogP contribution in [0.1, 0.15) is 23.4 Å². The summed E-state index contributed by atoms with van der Waals surface area (Å²) in [6.07, 6.45) is 0.780. The number of amides is 1. The Balaban J connectivity index is 1.28. The van der Waals surface area contributed by atoms with E-state index >= 15 is 0 Å².